The molecular formula is C27H32N2O5. The molecule has 0 spiro atoms. The van der Waals surface area contributed by atoms with Gasteiger partial charge in [0.05, 0.1) is 23.8 Å². The first-order valence-electron chi connectivity index (χ1n) is 11.1. The molecule has 3 aromatic rings. The number of carbonyl (C=O) groups excluding carboxylic acids is 1. The fourth-order valence-corrected chi connectivity index (χ4v) is 3.79. The molecule has 0 radical (unpaired) electrons. The van der Waals surface area contributed by atoms with E-state index in [1.54, 1.807) is 46.0 Å². The molecular weight excluding hydrogens is 432 g/mol. The molecule has 0 unspecified atom stereocenters. The number of aldehydes is 1. The zero-order valence-corrected chi connectivity index (χ0v) is 20.4. The minimum Gasteiger partial charge on any atom is -0.493 e. The lowest BCUT2D eigenvalue weighted by Crippen LogP contribution is -2.22. The predicted octanol–water partition coefficient (Wildman–Crippen LogP) is 3.53. The van der Waals surface area contributed by atoms with Gasteiger partial charge in [0.1, 0.15) is 12.0 Å². The van der Waals surface area contributed by atoms with Gasteiger partial charge in [-0.3, -0.25) is 4.79 Å². The van der Waals surface area contributed by atoms with E-state index in [9.17, 15) is 14.9 Å². The molecule has 2 N–H and O–H groups in total. The third kappa shape index (κ3) is 6.31. The van der Waals surface area contributed by atoms with Gasteiger partial charge in [-0.1, -0.05) is 12.1 Å². The number of carbonyl (C=O) groups is 1. The number of aliphatic hydroxyl groups excluding tert-OH is 1. The second-order valence-corrected chi connectivity index (χ2v) is 8.87. The maximum Gasteiger partial charge on any atom is 0.258 e. The number of fused-ring (bicyclic) bond motifs is 2. The van der Waals surface area contributed by atoms with E-state index < -0.39 is 5.60 Å². The van der Waals surface area contributed by atoms with Crippen molar-refractivity contribution in [3.05, 3.63) is 63.6 Å². The number of benzene rings is 2. The highest BCUT2D eigenvalue weighted by atomic mass is 16.5. The quantitative estimate of drug-likeness (QED) is 0.574. The van der Waals surface area contributed by atoms with Crippen molar-refractivity contribution in [3.63, 3.8) is 0 Å². The molecule has 0 bridgehead atoms. The van der Waals surface area contributed by atoms with E-state index in [2.05, 4.69) is 12.1 Å². The average molecular weight is 465 g/mol. The maximum atomic E-state index is 12.8. The molecule has 4 rings (SSSR count). The zero-order chi connectivity index (χ0) is 25.5. The number of hydrogen-bond donors (Lipinski definition) is 2. The van der Waals surface area contributed by atoms with Crippen LogP contribution in [0.4, 0.5) is 0 Å². The van der Waals surface area contributed by atoms with Crippen LogP contribution < -0.4 is 10.3 Å². The minimum absolute atomic E-state index is 0.143. The van der Waals surface area contributed by atoms with Crippen LogP contribution in [0, 0.1) is 11.3 Å². The molecule has 2 aromatic carbocycles. The van der Waals surface area contributed by atoms with Gasteiger partial charge in [-0.15, -0.1) is 0 Å². The Morgan fingerprint density at radius 2 is 1.82 bits per heavy atom. The SMILES string of the molecule is CC(C)(C)O.CO.Cn1c(CC=O)c(-c2ccc3c(c2)CCCO3)c2ccc(C#N)cc2c1=O. The summed E-state index contributed by atoms with van der Waals surface area (Å²) in [5.74, 6) is 0.892. The van der Waals surface area contributed by atoms with Crippen molar-refractivity contribution < 1.29 is 19.7 Å². The van der Waals surface area contributed by atoms with Crippen LogP contribution in [0.5, 0.6) is 5.75 Å². The first kappa shape index (κ1) is 26.8. The lowest BCUT2D eigenvalue weighted by Gasteiger charge is -2.20. The molecule has 1 aliphatic heterocycles. The summed E-state index contributed by atoms with van der Waals surface area (Å²) in [5.41, 5.74) is 3.34. The van der Waals surface area contributed by atoms with Crippen LogP contribution in [-0.2, 0) is 24.7 Å². The highest BCUT2D eigenvalue weighted by Crippen LogP contribution is 2.35. The summed E-state index contributed by atoms with van der Waals surface area (Å²) in [7, 11) is 2.67. The monoisotopic (exact) mass is 464 g/mol. The van der Waals surface area contributed by atoms with Gasteiger partial charge >= 0.3 is 0 Å². The van der Waals surface area contributed by atoms with Gasteiger partial charge in [-0.2, -0.15) is 5.26 Å². The van der Waals surface area contributed by atoms with E-state index in [0.29, 0.717) is 16.6 Å². The van der Waals surface area contributed by atoms with E-state index in [1.807, 2.05) is 12.1 Å². The lowest BCUT2D eigenvalue weighted by molar-refractivity contribution is -0.107. The summed E-state index contributed by atoms with van der Waals surface area (Å²) in [6.45, 7) is 5.95. The van der Waals surface area contributed by atoms with Gasteiger partial charge in [-0.25, -0.2) is 0 Å². The highest BCUT2D eigenvalue weighted by Gasteiger charge is 2.19. The van der Waals surface area contributed by atoms with Crippen LogP contribution in [0.15, 0.2) is 41.2 Å². The van der Waals surface area contributed by atoms with Crippen molar-refractivity contribution in [1.82, 2.24) is 4.57 Å². The number of pyridine rings is 1. The molecule has 34 heavy (non-hydrogen) atoms. The van der Waals surface area contributed by atoms with Crippen LogP contribution in [0.2, 0.25) is 0 Å². The molecule has 7 heteroatoms. The van der Waals surface area contributed by atoms with Crippen molar-refractivity contribution in [2.24, 2.45) is 7.05 Å². The summed E-state index contributed by atoms with van der Waals surface area (Å²) >= 11 is 0. The van der Waals surface area contributed by atoms with E-state index in [-0.39, 0.29) is 12.0 Å². The van der Waals surface area contributed by atoms with Crippen LogP contribution in [-0.4, -0.2) is 40.4 Å². The fraction of sp³-hybridized carbons (Fsp3) is 0.370. The minimum atomic E-state index is -0.500. The van der Waals surface area contributed by atoms with Crippen molar-refractivity contribution in [2.75, 3.05) is 13.7 Å². The number of ether oxygens (including phenoxy) is 1. The van der Waals surface area contributed by atoms with Gasteiger partial charge in [0.25, 0.3) is 5.56 Å². The average Bonchev–Trinajstić information content (AvgIpc) is 2.82. The van der Waals surface area contributed by atoms with Gasteiger partial charge in [0, 0.05) is 37.2 Å². The number of hydrogen-bond acceptors (Lipinski definition) is 6. The molecule has 0 atom stereocenters. The fourth-order valence-electron chi connectivity index (χ4n) is 3.79. The van der Waals surface area contributed by atoms with Gasteiger partial charge in [0.15, 0.2) is 0 Å². The first-order chi connectivity index (χ1) is 16.1. The van der Waals surface area contributed by atoms with Crippen LogP contribution >= 0.6 is 0 Å². The van der Waals surface area contributed by atoms with Crippen molar-refractivity contribution in [2.45, 2.75) is 45.6 Å². The Morgan fingerprint density at radius 1 is 1.15 bits per heavy atom. The third-order valence-electron chi connectivity index (χ3n) is 5.12. The molecule has 1 aromatic heterocycles. The number of nitrogens with zero attached hydrogens (tertiary/aromatic N) is 2. The standard InChI is InChI=1S/C22H18N2O3.C4H10O.CH4O/c1-24-19(8-9-25)21(16-5-7-20-15(12-16)3-2-10-27-20)17-6-4-14(13-23)11-18(17)22(24)26;1-4(2,3)5;1-2/h4-7,9,11-12H,2-3,8,10H2,1H3;5H,1-3H3;2H,1H3. The summed E-state index contributed by atoms with van der Waals surface area (Å²) in [4.78, 5) is 24.1. The lowest BCUT2D eigenvalue weighted by atomic mass is 9.92. The van der Waals surface area contributed by atoms with Crippen molar-refractivity contribution in [3.8, 4) is 22.9 Å². The second-order valence-electron chi connectivity index (χ2n) is 8.87. The van der Waals surface area contributed by atoms with E-state index in [1.165, 1.54) is 4.57 Å². The van der Waals surface area contributed by atoms with E-state index in [0.717, 1.165) is 60.7 Å². The molecule has 2 heterocycles. The molecule has 0 aliphatic carbocycles. The summed E-state index contributed by atoms with van der Waals surface area (Å²) in [6.07, 6.45) is 2.87. The second kappa shape index (κ2) is 11.6. The van der Waals surface area contributed by atoms with E-state index in [4.69, 9.17) is 14.9 Å². The largest absolute Gasteiger partial charge is 0.493 e. The summed E-state index contributed by atoms with van der Waals surface area (Å²) < 4.78 is 7.22. The molecule has 0 fully saturated rings. The highest BCUT2D eigenvalue weighted by molar-refractivity contribution is 5.98. The molecule has 0 saturated heterocycles. The first-order valence-corrected chi connectivity index (χ1v) is 11.1. The van der Waals surface area contributed by atoms with Crippen LogP contribution in [0.25, 0.3) is 21.9 Å². The van der Waals surface area contributed by atoms with Gasteiger partial charge in [-0.05, 0) is 74.4 Å². The predicted molar refractivity (Wildman–Crippen MR) is 133 cm³/mol. The topological polar surface area (TPSA) is 113 Å². The third-order valence-corrected chi connectivity index (χ3v) is 5.12. The van der Waals surface area contributed by atoms with Gasteiger partial charge < -0.3 is 24.3 Å². The molecule has 180 valence electrons. The Labute approximate surface area is 199 Å². The van der Waals surface area contributed by atoms with E-state index >= 15 is 0 Å². The van der Waals surface area contributed by atoms with Crippen molar-refractivity contribution in [1.29, 1.82) is 5.26 Å². The maximum absolute atomic E-state index is 12.8. The summed E-state index contributed by atoms with van der Waals surface area (Å²) in [5, 5.41) is 26.0. The smallest absolute Gasteiger partial charge is 0.258 e. The number of rotatable bonds is 3. The number of aromatic nitrogens is 1. The molecule has 0 saturated carbocycles. The molecule has 1 aliphatic rings. The number of aliphatic hydroxyl groups is 2. The molecule has 7 nitrogen and oxygen atoms in total. The normalized spacial score (nSPS) is 12.2. The Balaban J connectivity index is 0.000000520. The number of aryl methyl sites for hydroxylation is 1. The zero-order valence-electron chi connectivity index (χ0n) is 20.4. The Bertz CT molecular complexity index is 1260. The summed E-state index contributed by atoms with van der Waals surface area (Å²) in [6, 6.07) is 13.2. The van der Waals surface area contributed by atoms with Crippen LogP contribution in [0.3, 0.4) is 0 Å². The Kier molecular flexibility index (Phi) is 9.13. The molecule has 0 amide bonds. The number of nitriles is 1. The Hall–Kier alpha value is -3.47. The van der Waals surface area contributed by atoms with Crippen molar-refractivity contribution >= 4 is 17.1 Å². The van der Waals surface area contributed by atoms with Crippen LogP contribution in [0.1, 0.15) is 44.0 Å². The Morgan fingerprint density at radius 3 is 2.44 bits per heavy atom. The van der Waals surface area contributed by atoms with Gasteiger partial charge in [0.2, 0.25) is 0 Å².